The van der Waals surface area contributed by atoms with Crippen molar-refractivity contribution in [3.63, 3.8) is 0 Å². The third kappa shape index (κ3) is 2.54. The predicted octanol–water partition coefficient (Wildman–Crippen LogP) is 6.23. The minimum absolute atomic E-state index is 0.377. The maximum Gasteiger partial charge on any atom is 0.494 e. The van der Waals surface area contributed by atoms with Crippen molar-refractivity contribution in [3.05, 3.63) is 101 Å². The average Bonchev–Trinajstić information content (AvgIpc) is 3.56. The van der Waals surface area contributed by atoms with Crippen LogP contribution in [-0.4, -0.2) is 27.9 Å². The number of imidazole rings is 1. The lowest BCUT2D eigenvalue weighted by Crippen LogP contribution is -2.41. The molecule has 1 aromatic heterocycles. The lowest BCUT2D eigenvalue weighted by atomic mass is 9.71. The third-order valence-electron chi connectivity index (χ3n) is 9.31. The van der Waals surface area contributed by atoms with Crippen LogP contribution in [0.4, 0.5) is 0 Å². The van der Waals surface area contributed by atoms with E-state index < -0.39 is 12.5 Å². The lowest BCUT2D eigenvalue weighted by molar-refractivity contribution is 0.00578. The molecule has 4 aliphatic rings. The van der Waals surface area contributed by atoms with Crippen molar-refractivity contribution >= 4 is 29.3 Å². The first kappa shape index (κ1) is 21.7. The molecule has 0 atom stereocenters. The molecule has 0 unspecified atom stereocenters. The monoisotopic (exact) mass is 484 g/mol. The zero-order valence-corrected chi connectivity index (χ0v) is 21.7. The van der Waals surface area contributed by atoms with Crippen molar-refractivity contribution in [1.29, 1.82) is 0 Å². The molecular weight excluding hydrogens is 455 g/mol. The number of fused-ring (bicyclic) bond motifs is 11. The molecule has 0 saturated carbocycles. The highest BCUT2D eigenvalue weighted by molar-refractivity contribution is 6.62. The Morgan fingerprint density at radius 2 is 1.49 bits per heavy atom. The molecule has 1 saturated heterocycles. The van der Waals surface area contributed by atoms with E-state index in [1.54, 1.807) is 0 Å². The molecule has 182 valence electrons. The summed E-state index contributed by atoms with van der Waals surface area (Å²) in [6, 6.07) is 24.3. The van der Waals surface area contributed by atoms with Crippen LogP contribution in [0.25, 0.3) is 27.9 Å². The van der Waals surface area contributed by atoms with Gasteiger partial charge in [-0.2, -0.15) is 0 Å². The van der Waals surface area contributed by atoms with Gasteiger partial charge in [-0.1, -0.05) is 66.7 Å². The fourth-order valence-corrected chi connectivity index (χ4v) is 6.86. The van der Waals surface area contributed by atoms with Crippen molar-refractivity contribution in [2.45, 2.75) is 57.2 Å². The fraction of sp³-hybridized carbons (Fsp3) is 0.281. The van der Waals surface area contributed by atoms with Gasteiger partial charge in [-0.25, -0.2) is 4.98 Å². The summed E-state index contributed by atoms with van der Waals surface area (Å²) in [7, 11) is -0.403. The van der Waals surface area contributed by atoms with E-state index in [4.69, 9.17) is 14.3 Å². The molecule has 0 N–H and O–H groups in total. The molecule has 1 fully saturated rings. The first-order chi connectivity index (χ1) is 17.8. The number of rotatable bonds is 1. The maximum atomic E-state index is 6.37. The Morgan fingerprint density at radius 3 is 2.16 bits per heavy atom. The number of hydrogen-bond acceptors (Lipinski definition) is 3. The molecule has 8 rings (SSSR count). The van der Waals surface area contributed by atoms with E-state index in [-0.39, 0.29) is 11.2 Å². The highest BCUT2D eigenvalue weighted by Crippen LogP contribution is 2.61. The van der Waals surface area contributed by atoms with Crippen LogP contribution in [0.5, 0.6) is 0 Å². The molecule has 3 heterocycles. The van der Waals surface area contributed by atoms with Crippen LogP contribution in [0.15, 0.2) is 84.5 Å². The van der Waals surface area contributed by atoms with E-state index in [1.165, 1.54) is 33.5 Å². The zero-order valence-electron chi connectivity index (χ0n) is 21.7. The maximum absolute atomic E-state index is 6.37. The zero-order chi connectivity index (χ0) is 25.2. The summed E-state index contributed by atoms with van der Waals surface area (Å²) in [5.41, 5.74) is 10.0. The summed E-state index contributed by atoms with van der Waals surface area (Å²) in [5.74, 6) is 1.10. The normalized spacial score (nSPS) is 21.5. The van der Waals surface area contributed by atoms with Gasteiger partial charge in [0.15, 0.2) is 0 Å². The molecule has 4 aromatic rings. The lowest BCUT2D eigenvalue weighted by Gasteiger charge is -2.32. The molecular formula is C32H29BN2O2. The summed E-state index contributed by atoms with van der Waals surface area (Å²) in [4.78, 5) is 5.43. The molecule has 0 amide bonds. The number of allylic oxidation sites excluding steroid dienone is 4. The number of aromatic nitrogens is 2. The number of hydrogen-bond donors (Lipinski definition) is 0. The van der Waals surface area contributed by atoms with Gasteiger partial charge in [0.25, 0.3) is 0 Å². The fourth-order valence-electron chi connectivity index (χ4n) is 6.86. The van der Waals surface area contributed by atoms with Crippen molar-refractivity contribution < 1.29 is 9.31 Å². The summed E-state index contributed by atoms with van der Waals surface area (Å²) < 4.78 is 15.2. The van der Waals surface area contributed by atoms with E-state index in [0.29, 0.717) is 0 Å². The highest BCUT2D eigenvalue weighted by Gasteiger charge is 2.55. The summed E-state index contributed by atoms with van der Waals surface area (Å²) in [6.07, 6.45) is 6.74. The van der Waals surface area contributed by atoms with Crippen LogP contribution < -0.4 is 5.46 Å². The van der Waals surface area contributed by atoms with Gasteiger partial charge < -0.3 is 9.31 Å². The predicted molar refractivity (Wildman–Crippen MR) is 149 cm³/mol. The van der Waals surface area contributed by atoms with Gasteiger partial charge in [0.05, 0.1) is 22.2 Å². The summed E-state index contributed by atoms with van der Waals surface area (Å²) >= 11 is 0. The molecule has 0 radical (unpaired) electrons. The molecule has 4 nitrogen and oxygen atoms in total. The van der Waals surface area contributed by atoms with Crippen molar-refractivity contribution in [2.24, 2.45) is 0 Å². The SMILES string of the molecule is CC1(C)OB(c2ccc3c(c2)nc2n3C3=C(C=CCC3)C23c2ccccc2-c2ccccc23)OC1(C)C. The second-order valence-corrected chi connectivity index (χ2v) is 11.7. The van der Waals surface area contributed by atoms with Gasteiger partial charge in [0, 0.05) is 5.70 Å². The average molecular weight is 484 g/mol. The quantitative estimate of drug-likeness (QED) is 0.301. The van der Waals surface area contributed by atoms with E-state index in [0.717, 1.165) is 35.2 Å². The van der Waals surface area contributed by atoms with Gasteiger partial charge in [0.1, 0.15) is 11.2 Å². The van der Waals surface area contributed by atoms with Gasteiger partial charge in [-0.15, -0.1) is 0 Å². The van der Waals surface area contributed by atoms with Crippen molar-refractivity contribution in [2.75, 3.05) is 0 Å². The van der Waals surface area contributed by atoms with Crippen molar-refractivity contribution in [1.82, 2.24) is 9.55 Å². The Labute approximate surface area is 217 Å². The van der Waals surface area contributed by atoms with Gasteiger partial charge in [-0.05, 0) is 86.0 Å². The van der Waals surface area contributed by atoms with Crippen LogP contribution in [0.2, 0.25) is 0 Å². The van der Waals surface area contributed by atoms with E-state index in [9.17, 15) is 0 Å². The van der Waals surface area contributed by atoms with E-state index in [1.807, 2.05) is 0 Å². The first-order valence-corrected chi connectivity index (χ1v) is 13.3. The first-order valence-electron chi connectivity index (χ1n) is 13.3. The topological polar surface area (TPSA) is 36.3 Å². The van der Waals surface area contributed by atoms with Crippen LogP contribution >= 0.6 is 0 Å². The minimum Gasteiger partial charge on any atom is -0.399 e. The molecule has 2 aliphatic heterocycles. The Morgan fingerprint density at radius 1 is 0.838 bits per heavy atom. The van der Waals surface area contributed by atoms with Crippen LogP contribution in [-0.2, 0) is 14.7 Å². The minimum atomic E-state index is -0.403. The Kier molecular flexibility index (Phi) is 4.05. The second kappa shape index (κ2) is 6.92. The Bertz CT molecular complexity index is 1650. The smallest absolute Gasteiger partial charge is 0.399 e. The number of nitrogens with zero attached hydrogens (tertiary/aromatic N) is 2. The van der Waals surface area contributed by atoms with E-state index >= 15 is 0 Å². The van der Waals surface area contributed by atoms with Crippen molar-refractivity contribution in [3.8, 4) is 11.1 Å². The molecule has 5 heteroatoms. The molecule has 1 spiro atoms. The largest absolute Gasteiger partial charge is 0.494 e. The third-order valence-corrected chi connectivity index (χ3v) is 9.31. The molecule has 2 aliphatic carbocycles. The standard InChI is InChI=1S/C32H29BN2O2/c1-30(2)31(3,4)37-33(36-30)20-17-18-28-26(19-20)34-29-32(25-15-9-10-16-27(25)35(28)29)23-13-7-5-11-21(23)22-12-6-8-14-24(22)32/h5-9,11-15,17-19H,10,16H2,1-4H3. The molecule has 3 aromatic carbocycles. The van der Waals surface area contributed by atoms with Gasteiger partial charge in [-0.3, -0.25) is 4.57 Å². The highest BCUT2D eigenvalue weighted by atomic mass is 16.7. The Hall–Kier alpha value is -3.41. The molecule has 0 bridgehead atoms. The van der Waals surface area contributed by atoms with Gasteiger partial charge >= 0.3 is 7.12 Å². The second-order valence-electron chi connectivity index (χ2n) is 11.7. The van der Waals surface area contributed by atoms with E-state index in [2.05, 4.69) is 111 Å². The summed E-state index contributed by atoms with van der Waals surface area (Å²) in [6.45, 7) is 8.39. The van der Waals surface area contributed by atoms with Gasteiger partial charge in [0.2, 0.25) is 0 Å². The van der Waals surface area contributed by atoms with Crippen LogP contribution in [0.1, 0.15) is 57.5 Å². The number of benzene rings is 3. The van der Waals surface area contributed by atoms with Crippen LogP contribution in [0, 0.1) is 0 Å². The Balaban J connectivity index is 1.39. The summed E-state index contributed by atoms with van der Waals surface area (Å²) in [5, 5.41) is 0. The van der Waals surface area contributed by atoms with Crippen LogP contribution in [0.3, 0.4) is 0 Å². The molecule has 37 heavy (non-hydrogen) atoms.